The van der Waals surface area contributed by atoms with E-state index in [1.165, 1.54) is 10.8 Å². The molecule has 0 saturated carbocycles. The lowest BCUT2D eigenvalue weighted by molar-refractivity contribution is 1.20. The van der Waals surface area contributed by atoms with Gasteiger partial charge in [-0.15, -0.1) is 0 Å². The molecule has 68 valence electrons. The van der Waals surface area contributed by atoms with Crippen molar-refractivity contribution in [3.8, 4) is 0 Å². The molecule has 1 aromatic carbocycles. The van der Waals surface area contributed by atoms with Gasteiger partial charge < -0.3 is 4.40 Å². The lowest BCUT2D eigenvalue weighted by Gasteiger charge is -1.98. The lowest BCUT2D eigenvalue weighted by atomic mass is 10.2. The van der Waals surface area contributed by atoms with Crippen molar-refractivity contribution in [2.75, 3.05) is 0 Å². The van der Waals surface area contributed by atoms with Crippen LogP contribution in [0.5, 0.6) is 0 Å². The van der Waals surface area contributed by atoms with Crippen molar-refractivity contribution >= 4 is 32.3 Å². The normalized spacial score (nSPS) is 11.2. The Labute approximate surface area is 89.3 Å². The van der Waals surface area contributed by atoms with Gasteiger partial charge in [0.15, 0.2) is 0 Å². The van der Waals surface area contributed by atoms with Gasteiger partial charge in [0, 0.05) is 17.8 Å². The molecule has 0 bridgehead atoms. The van der Waals surface area contributed by atoms with Crippen LogP contribution in [-0.2, 0) is 0 Å². The summed E-state index contributed by atoms with van der Waals surface area (Å²) in [4.78, 5) is 4.42. The molecule has 3 rings (SSSR count). The highest BCUT2D eigenvalue weighted by Crippen LogP contribution is 2.20. The average Bonchev–Trinajstić information content (AvgIpc) is 2.59. The molecular formula is C11H7BrN2. The van der Waals surface area contributed by atoms with Crippen LogP contribution in [0.4, 0.5) is 0 Å². The van der Waals surface area contributed by atoms with E-state index in [0.29, 0.717) is 0 Å². The van der Waals surface area contributed by atoms with Gasteiger partial charge in [0.2, 0.25) is 0 Å². The zero-order chi connectivity index (χ0) is 9.54. The molecule has 14 heavy (non-hydrogen) atoms. The summed E-state index contributed by atoms with van der Waals surface area (Å²) in [5.74, 6) is 0. The van der Waals surface area contributed by atoms with E-state index < -0.39 is 0 Å². The number of benzene rings is 1. The Bertz CT molecular complexity index is 613. The van der Waals surface area contributed by atoms with Crippen molar-refractivity contribution < 1.29 is 0 Å². The predicted octanol–water partition coefficient (Wildman–Crippen LogP) is 3.25. The van der Waals surface area contributed by atoms with Gasteiger partial charge in [0.05, 0.1) is 0 Å². The van der Waals surface area contributed by atoms with Gasteiger partial charge in [-0.1, -0.05) is 24.3 Å². The van der Waals surface area contributed by atoms with E-state index in [9.17, 15) is 0 Å². The number of hydrogen-bond donors (Lipinski definition) is 0. The Hall–Kier alpha value is -1.35. The summed E-state index contributed by atoms with van der Waals surface area (Å²) in [6.07, 6.45) is 3.98. The fourth-order valence-electron chi connectivity index (χ4n) is 1.68. The number of rotatable bonds is 0. The van der Waals surface area contributed by atoms with Crippen molar-refractivity contribution in [3.05, 3.63) is 47.3 Å². The Balaban J connectivity index is 2.60. The molecular weight excluding hydrogens is 240 g/mol. The van der Waals surface area contributed by atoms with E-state index in [0.717, 1.165) is 10.3 Å². The molecule has 0 spiro atoms. The third kappa shape index (κ3) is 1.06. The van der Waals surface area contributed by atoms with Crippen LogP contribution in [0.15, 0.2) is 47.3 Å². The smallest absolute Gasteiger partial charge is 0.145 e. The maximum atomic E-state index is 4.42. The highest BCUT2D eigenvalue weighted by Gasteiger charge is 2.02. The first-order valence-corrected chi connectivity index (χ1v) is 5.16. The quantitative estimate of drug-likeness (QED) is 0.596. The average molecular weight is 247 g/mol. The first-order chi connectivity index (χ1) is 6.84. The number of aromatic nitrogens is 2. The Morgan fingerprint density at radius 1 is 1.14 bits per heavy atom. The van der Waals surface area contributed by atoms with Gasteiger partial charge in [0.1, 0.15) is 10.3 Å². The molecule has 3 aromatic rings. The summed E-state index contributed by atoms with van der Waals surface area (Å²) < 4.78 is 2.89. The Morgan fingerprint density at radius 3 is 2.93 bits per heavy atom. The zero-order valence-electron chi connectivity index (χ0n) is 7.31. The molecule has 0 fully saturated rings. The van der Waals surface area contributed by atoms with Gasteiger partial charge in [-0.2, -0.15) is 0 Å². The first-order valence-electron chi connectivity index (χ1n) is 4.36. The van der Waals surface area contributed by atoms with E-state index >= 15 is 0 Å². The monoisotopic (exact) mass is 246 g/mol. The van der Waals surface area contributed by atoms with E-state index in [-0.39, 0.29) is 0 Å². The molecule has 2 heterocycles. The molecule has 0 radical (unpaired) electrons. The second-order valence-corrected chi connectivity index (χ2v) is 4.01. The third-order valence-electron chi connectivity index (χ3n) is 2.32. The fraction of sp³-hybridized carbons (Fsp3) is 0. The van der Waals surface area contributed by atoms with E-state index in [4.69, 9.17) is 0 Å². The molecule has 0 aliphatic rings. The molecule has 0 aliphatic carbocycles. The van der Waals surface area contributed by atoms with Gasteiger partial charge in [-0.3, -0.25) is 0 Å². The minimum Gasteiger partial charge on any atom is -0.305 e. The van der Waals surface area contributed by atoms with Crippen LogP contribution in [0.3, 0.4) is 0 Å². The Morgan fingerprint density at radius 2 is 2.00 bits per heavy atom. The summed E-state index contributed by atoms with van der Waals surface area (Å²) in [6, 6.07) is 10.3. The van der Waals surface area contributed by atoms with Crippen LogP contribution < -0.4 is 0 Å². The summed E-state index contributed by atoms with van der Waals surface area (Å²) in [5, 5.41) is 2.40. The predicted molar refractivity (Wildman–Crippen MR) is 60.4 cm³/mol. The number of hydrogen-bond acceptors (Lipinski definition) is 1. The van der Waals surface area contributed by atoms with E-state index in [2.05, 4.69) is 39.1 Å². The Kier molecular flexibility index (Phi) is 1.61. The van der Waals surface area contributed by atoms with Crippen LogP contribution in [0, 0.1) is 0 Å². The zero-order valence-corrected chi connectivity index (χ0v) is 8.90. The minimum atomic E-state index is 0.869. The molecule has 2 nitrogen and oxygen atoms in total. The maximum Gasteiger partial charge on any atom is 0.145 e. The number of nitrogens with zero attached hydrogens (tertiary/aromatic N) is 2. The van der Waals surface area contributed by atoms with Gasteiger partial charge in [0.25, 0.3) is 0 Å². The van der Waals surface area contributed by atoms with Crippen molar-refractivity contribution in [2.24, 2.45) is 0 Å². The minimum absolute atomic E-state index is 0.869. The van der Waals surface area contributed by atoms with Crippen LogP contribution in [0.25, 0.3) is 16.4 Å². The molecule has 0 aliphatic heterocycles. The molecule has 0 saturated heterocycles. The number of halogens is 1. The SMILES string of the molecule is Brc1cn2ccc3ccccc3c2n1. The summed E-state index contributed by atoms with van der Waals surface area (Å²) >= 11 is 3.38. The van der Waals surface area contributed by atoms with Crippen LogP contribution >= 0.6 is 15.9 Å². The van der Waals surface area contributed by atoms with Crippen molar-refractivity contribution in [1.29, 1.82) is 0 Å². The summed E-state index contributed by atoms with van der Waals surface area (Å²) in [6.45, 7) is 0. The van der Waals surface area contributed by atoms with Gasteiger partial charge in [-0.25, -0.2) is 4.98 Å². The van der Waals surface area contributed by atoms with Crippen molar-refractivity contribution in [1.82, 2.24) is 9.38 Å². The number of pyridine rings is 1. The maximum absolute atomic E-state index is 4.42. The highest BCUT2D eigenvalue weighted by atomic mass is 79.9. The lowest BCUT2D eigenvalue weighted by Crippen LogP contribution is -1.83. The number of imidazole rings is 1. The van der Waals surface area contributed by atoms with Crippen molar-refractivity contribution in [2.45, 2.75) is 0 Å². The standard InChI is InChI=1S/C11H7BrN2/c12-10-7-14-6-5-8-3-1-2-4-9(8)11(14)13-10/h1-7H. The molecule has 2 aromatic heterocycles. The van der Waals surface area contributed by atoms with Crippen LogP contribution in [0.1, 0.15) is 0 Å². The van der Waals surface area contributed by atoms with Crippen LogP contribution in [0.2, 0.25) is 0 Å². The first kappa shape index (κ1) is 8.00. The topological polar surface area (TPSA) is 17.3 Å². The van der Waals surface area contributed by atoms with E-state index in [1.54, 1.807) is 0 Å². The van der Waals surface area contributed by atoms with Gasteiger partial charge in [-0.05, 0) is 27.4 Å². The largest absolute Gasteiger partial charge is 0.305 e. The second kappa shape index (κ2) is 2.82. The molecule has 3 heteroatoms. The van der Waals surface area contributed by atoms with Crippen molar-refractivity contribution in [3.63, 3.8) is 0 Å². The van der Waals surface area contributed by atoms with Gasteiger partial charge >= 0.3 is 0 Å². The number of fused-ring (bicyclic) bond motifs is 3. The molecule has 0 atom stereocenters. The summed E-state index contributed by atoms with van der Waals surface area (Å²) in [7, 11) is 0. The fourth-order valence-corrected chi connectivity index (χ4v) is 2.07. The second-order valence-electron chi connectivity index (χ2n) is 3.20. The molecule has 0 amide bonds. The van der Waals surface area contributed by atoms with E-state index in [1.807, 2.05) is 28.9 Å². The molecule has 0 N–H and O–H groups in total. The van der Waals surface area contributed by atoms with Crippen LogP contribution in [-0.4, -0.2) is 9.38 Å². The summed E-state index contributed by atoms with van der Waals surface area (Å²) in [5.41, 5.74) is 0.995. The molecule has 0 unspecified atom stereocenters. The highest BCUT2D eigenvalue weighted by molar-refractivity contribution is 9.10. The third-order valence-corrected chi connectivity index (χ3v) is 2.70.